The summed E-state index contributed by atoms with van der Waals surface area (Å²) in [4.78, 5) is 28.7. The number of fused-ring (bicyclic) bond motifs is 3. The smallest absolute Gasteiger partial charge is 0.191 e. The number of rotatable bonds is 5. The number of piperazine rings is 1. The Morgan fingerprint density at radius 1 is 0.971 bits per heavy atom. The number of nitrogens with one attached hydrogen (secondary N) is 1. The number of ketones is 1. The Morgan fingerprint density at radius 2 is 1.83 bits per heavy atom. The number of aliphatic imine (C=N–C) groups is 1. The number of hydrogen-bond donors (Lipinski definition) is 1. The standard InChI is InChI=1S/C28H28N6O/c35-26(22-7-4-10-29-19-22)18-27-31-25-17-23(8-9-24(25)28-30-11-12-34(27)28)33-15-13-32(14-16-33)20-21-5-2-1-3-6-21/h1-10,17-19,31H,11-16,20H2/b27-18+. The van der Waals surface area contributed by atoms with E-state index in [9.17, 15) is 4.79 Å². The first-order chi connectivity index (χ1) is 17.2. The lowest BCUT2D eigenvalue weighted by Crippen LogP contribution is -2.46. The molecule has 7 heteroatoms. The summed E-state index contributed by atoms with van der Waals surface area (Å²) in [6, 6.07) is 20.8. The Morgan fingerprint density at radius 3 is 2.63 bits per heavy atom. The molecule has 35 heavy (non-hydrogen) atoms. The fourth-order valence-corrected chi connectivity index (χ4v) is 4.98. The zero-order valence-electron chi connectivity index (χ0n) is 19.6. The number of anilines is 2. The Balaban J connectivity index is 1.20. The van der Waals surface area contributed by atoms with Crippen molar-refractivity contribution >= 4 is 23.0 Å². The summed E-state index contributed by atoms with van der Waals surface area (Å²) < 4.78 is 0. The van der Waals surface area contributed by atoms with Crippen LogP contribution in [0.2, 0.25) is 0 Å². The van der Waals surface area contributed by atoms with Gasteiger partial charge in [0, 0.05) is 74.6 Å². The summed E-state index contributed by atoms with van der Waals surface area (Å²) >= 11 is 0. The second kappa shape index (κ2) is 9.35. The molecule has 1 N–H and O–H groups in total. The average Bonchev–Trinajstić information content (AvgIpc) is 3.41. The molecule has 176 valence electrons. The van der Waals surface area contributed by atoms with Gasteiger partial charge >= 0.3 is 0 Å². The fraction of sp³-hybridized carbons (Fsp3) is 0.250. The molecule has 0 saturated carbocycles. The first-order valence-corrected chi connectivity index (χ1v) is 12.2. The first-order valence-electron chi connectivity index (χ1n) is 12.2. The second-order valence-electron chi connectivity index (χ2n) is 9.10. The number of aromatic nitrogens is 1. The van der Waals surface area contributed by atoms with Crippen LogP contribution in [-0.2, 0) is 6.54 Å². The monoisotopic (exact) mass is 464 g/mol. The van der Waals surface area contributed by atoms with Gasteiger partial charge in [-0.2, -0.15) is 0 Å². The zero-order valence-corrected chi connectivity index (χ0v) is 19.6. The third-order valence-electron chi connectivity index (χ3n) is 6.84. The highest BCUT2D eigenvalue weighted by molar-refractivity contribution is 6.10. The summed E-state index contributed by atoms with van der Waals surface area (Å²) in [5.74, 6) is 1.64. The minimum absolute atomic E-state index is 0.0685. The Labute approximate surface area is 205 Å². The van der Waals surface area contributed by atoms with Crippen molar-refractivity contribution in [2.75, 3.05) is 49.5 Å². The molecular weight excluding hydrogens is 436 g/mol. The van der Waals surface area contributed by atoms with Crippen molar-refractivity contribution in [1.29, 1.82) is 0 Å². The number of carbonyl (C=O) groups excluding carboxylic acids is 1. The van der Waals surface area contributed by atoms with Gasteiger partial charge in [-0.05, 0) is 35.9 Å². The van der Waals surface area contributed by atoms with Crippen LogP contribution in [0.4, 0.5) is 11.4 Å². The predicted octanol–water partition coefficient (Wildman–Crippen LogP) is 3.62. The van der Waals surface area contributed by atoms with Crippen molar-refractivity contribution in [3.63, 3.8) is 0 Å². The van der Waals surface area contributed by atoms with Gasteiger partial charge in [-0.25, -0.2) is 0 Å². The van der Waals surface area contributed by atoms with Crippen molar-refractivity contribution in [1.82, 2.24) is 14.8 Å². The summed E-state index contributed by atoms with van der Waals surface area (Å²) in [6.45, 7) is 6.52. The highest BCUT2D eigenvalue weighted by Crippen LogP contribution is 2.33. The minimum atomic E-state index is -0.0685. The van der Waals surface area contributed by atoms with E-state index in [-0.39, 0.29) is 5.78 Å². The van der Waals surface area contributed by atoms with Gasteiger partial charge in [-0.3, -0.25) is 19.7 Å². The van der Waals surface area contributed by atoms with E-state index >= 15 is 0 Å². The normalized spacial score (nSPS) is 18.6. The molecule has 1 saturated heterocycles. The minimum Gasteiger partial charge on any atom is -0.369 e. The molecule has 6 rings (SSSR count). The first kappa shape index (κ1) is 21.6. The van der Waals surface area contributed by atoms with E-state index < -0.39 is 0 Å². The highest BCUT2D eigenvalue weighted by atomic mass is 16.1. The van der Waals surface area contributed by atoms with Gasteiger partial charge in [0.1, 0.15) is 11.7 Å². The maximum atomic E-state index is 12.9. The van der Waals surface area contributed by atoms with E-state index in [0.717, 1.165) is 68.7 Å². The summed E-state index contributed by atoms with van der Waals surface area (Å²) in [6.07, 6.45) is 4.94. The van der Waals surface area contributed by atoms with E-state index in [1.54, 1.807) is 30.6 Å². The molecule has 7 nitrogen and oxygen atoms in total. The molecule has 3 aliphatic heterocycles. The largest absolute Gasteiger partial charge is 0.369 e. The van der Waals surface area contributed by atoms with Gasteiger partial charge in [-0.1, -0.05) is 30.3 Å². The van der Waals surface area contributed by atoms with E-state index in [0.29, 0.717) is 5.56 Å². The van der Waals surface area contributed by atoms with Crippen LogP contribution < -0.4 is 10.2 Å². The molecule has 3 aromatic rings. The molecule has 0 aliphatic carbocycles. The van der Waals surface area contributed by atoms with Crippen LogP contribution in [0.3, 0.4) is 0 Å². The quantitative estimate of drug-likeness (QED) is 0.460. The summed E-state index contributed by atoms with van der Waals surface area (Å²) in [5.41, 5.74) is 5.21. The topological polar surface area (TPSA) is 64.1 Å². The number of carbonyl (C=O) groups is 1. The molecule has 0 amide bonds. The molecule has 0 unspecified atom stereocenters. The van der Waals surface area contributed by atoms with E-state index in [2.05, 4.69) is 73.5 Å². The molecule has 0 radical (unpaired) electrons. The van der Waals surface area contributed by atoms with Crippen LogP contribution in [0.5, 0.6) is 0 Å². The maximum absolute atomic E-state index is 12.9. The zero-order chi connectivity index (χ0) is 23.6. The van der Waals surface area contributed by atoms with Crippen LogP contribution in [0.25, 0.3) is 0 Å². The number of pyridine rings is 1. The number of amidine groups is 1. The molecule has 0 spiro atoms. The number of nitrogens with zero attached hydrogens (tertiary/aromatic N) is 5. The molecule has 1 fully saturated rings. The fourth-order valence-electron chi connectivity index (χ4n) is 4.98. The lowest BCUT2D eigenvalue weighted by Gasteiger charge is -2.37. The summed E-state index contributed by atoms with van der Waals surface area (Å²) in [7, 11) is 0. The van der Waals surface area contributed by atoms with Gasteiger partial charge < -0.3 is 15.1 Å². The van der Waals surface area contributed by atoms with Crippen molar-refractivity contribution in [2.24, 2.45) is 4.99 Å². The predicted molar refractivity (Wildman–Crippen MR) is 139 cm³/mol. The number of allylic oxidation sites excluding steroid dienone is 1. The second-order valence-corrected chi connectivity index (χ2v) is 9.10. The Hall–Kier alpha value is -3.97. The third kappa shape index (κ3) is 4.42. The van der Waals surface area contributed by atoms with Gasteiger partial charge in [0.05, 0.1) is 12.2 Å². The van der Waals surface area contributed by atoms with Crippen molar-refractivity contribution in [2.45, 2.75) is 6.54 Å². The van der Waals surface area contributed by atoms with Gasteiger partial charge in [-0.15, -0.1) is 0 Å². The highest BCUT2D eigenvalue weighted by Gasteiger charge is 2.30. The molecule has 0 bridgehead atoms. The summed E-state index contributed by atoms with van der Waals surface area (Å²) in [5, 5.41) is 3.52. The lowest BCUT2D eigenvalue weighted by molar-refractivity contribution is 0.104. The molecule has 2 aromatic carbocycles. The van der Waals surface area contributed by atoms with Gasteiger partial charge in [0.25, 0.3) is 0 Å². The molecule has 4 heterocycles. The maximum Gasteiger partial charge on any atom is 0.191 e. The molecule has 3 aliphatic rings. The van der Waals surface area contributed by atoms with Crippen LogP contribution >= 0.6 is 0 Å². The van der Waals surface area contributed by atoms with Crippen LogP contribution in [0, 0.1) is 0 Å². The van der Waals surface area contributed by atoms with Crippen molar-refractivity contribution in [3.05, 3.63) is 102 Å². The van der Waals surface area contributed by atoms with E-state index in [1.807, 2.05) is 0 Å². The Bertz CT molecular complexity index is 1280. The number of benzene rings is 2. The average molecular weight is 465 g/mol. The number of hydrogen-bond acceptors (Lipinski definition) is 7. The van der Waals surface area contributed by atoms with Crippen LogP contribution in [0.15, 0.2) is 89.9 Å². The van der Waals surface area contributed by atoms with Crippen molar-refractivity contribution in [3.8, 4) is 0 Å². The van der Waals surface area contributed by atoms with E-state index in [4.69, 9.17) is 4.99 Å². The molecule has 1 aromatic heterocycles. The third-order valence-corrected chi connectivity index (χ3v) is 6.84. The SMILES string of the molecule is O=C(/C=C1\Nc2cc(N3CCN(Cc4ccccc4)CC3)ccc2C2=NCCN21)c1cccnc1. The molecular formula is C28H28N6O. The van der Waals surface area contributed by atoms with E-state index in [1.165, 1.54) is 11.3 Å². The van der Waals surface area contributed by atoms with Crippen LogP contribution in [0.1, 0.15) is 21.5 Å². The van der Waals surface area contributed by atoms with Crippen molar-refractivity contribution < 1.29 is 4.79 Å². The molecule has 0 atom stereocenters. The lowest BCUT2D eigenvalue weighted by atomic mass is 10.1. The van der Waals surface area contributed by atoms with Gasteiger partial charge in [0.15, 0.2) is 5.78 Å². The van der Waals surface area contributed by atoms with Crippen LogP contribution in [-0.4, -0.2) is 65.7 Å². The van der Waals surface area contributed by atoms with Gasteiger partial charge in [0.2, 0.25) is 0 Å². The Kier molecular flexibility index (Phi) is 5.76.